The van der Waals surface area contributed by atoms with Crippen molar-refractivity contribution in [2.45, 2.75) is 6.10 Å². The average molecular weight is 275 g/mol. The second kappa shape index (κ2) is 7.85. The first-order valence-electron chi connectivity index (χ1n) is 6.92. The quantitative estimate of drug-likeness (QED) is 0.780. The molecule has 108 valence electrons. The van der Waals surface area contributed by atoms with Gasteiger partial charge in [-0.1, -0.05) is 6.07 Å². The summed E-state index contributed by atoms with van der Waals surface area (Å²) < 4.78 is 11.3. The van der Waals surface area contributed by atoms with E-state index in [2.05, 4.69) is 23.3 Å². The second-order valence-electron chi connectivity index (χ2n) is 4.95. The summed E-state index contributed by atoms with van der Waals surface area (Å²) >= 11 is 0. The van der Waals surface area contributed by atoms with Crippen LogP contribution in [0.2, 0.25) is 0 Å². The predicted molar refractivity (Wildman–Crippen MR) is 76.8 cm³/mol. The molecule has 0 aromatic heterocycles. The van der Waals surface area contributed by atoms with Gasteiger partial charge < -0.3 is 19.7 Å². The van der Waals surface area contributed by atoms with Crippen LogP contribution < -0.4 is 10.1 Å². The number of ether oxygens (including phenoxy) is 2. The summed E-state index contributed by atoms with van der Waals surface area (Å²) in [7, 11) is 2.11. The van der Waals surface area contributed by atoms with Gasteiger partial charge in [0.2, 0.25) is 0 Å². The van der Waals surface area contributed by atoms with Crippen LogP contribution in [-0.4, -0.2) is 57.4 Å². The van der Waals surface area contributed by atoms with Gasteiger partial charge in [0.25, 0.3) is 0 Å². The third-order valence-corrected chi connectivity index (χ3v) is 3.22. The molecular weight excluding hydrogens is 254 g/mol. The van der Waals surface area contributed by atoms with Crippen LogP contribution >= 0.6 is 0 Å². The molecule has 0 spiro atoms. The first kappa shape index (κ1) is 14.8. The smallest absolute Gasteiger partial charge is 0.120 e. The third kappa shape index (κ3) is 4.82. The number of benzene rings is 1. The van der Waals surface area contributed by atoms with Crippen molar-refractivity contribution in [2.24, 2.45) is 0 Å². The molecule has 0 unspecified atom stereocenters. The van der Waals surface area contributed by atoms with Crippen LogP contribution in [-0.2, 0) is 4.74 Å². The molecule has 1 aliphatic heterocycles. The lowest BCUT2D eigenvalue weighted by Crippen LogP contribution is -2.45. The number of nitrogens with one attached hydrogen (secondary N) is 1. The Morgan fingerprint density at radius 3 is 3.25 bits per heavy atom. The minimum absolute atomic E-state index is 0.260. The van der Waals surface area contributed by atoms with E-state index in [0.29, 0.717) is 12.2 Å². The van der Waals surface area contributed by atoms with E-state index in [-0.39, 0.29) is 6.10 Å². The van der Waals surface area contributed by atoms with E-state index in [1.807, 2.05) is 12.1 Å². The van der Waals surface area contributed by atoms with Gasteiger partial charge >= 0.3 is 0 Å². The van der Waals surface area contributed by atoms with Crippen molar-refractivity contribution in [1.82, 2.24) is 10.2 Å². The van der Waals surface area contributed by atoms with E-state index in [9.17, 15) is 0 Å². The zero-order valence-electron chi connectivity index (χ0n) is 11.8. The molecule has 1 aromatic carbocycles. The normalized spacial score (nSPS) is 19.5. The van der Waals surface area contributed by atoms with Gasteiger partial charge in [-0.05, 0) is 25.2 Å². The molecule has 1 saturated heterocycles. The predicted octanol–water partition coefficient (Wildman–Crippen LogP) is 0.857. The number of likely N-dealkylation sites (N-methyl/N-ethyl adjacent to an activating group) is 1. The maximum absolute atomic E-state index is 8.80. The molecule has 0 aliphatic carbocycles. The Balaban J connectivity index is 1.60. The van der Waals surface area contributed by atoms with Crippen LogP contribution in [0.5, 0.6) is 5.75 Å². The van der Waals surface area contributed by atoms with Crippen LogP contribution in [0.1, 0.15) is 5.56 Å². The zero-order chi connectivity index (χ0) is 14.2. The van der Waals surface area contributed by atoms with Crippen LogP contribution in [0.25, 0.3) is 0 Å². The highest BCUT2D eigenvalue weighted by Gasteiger charge is 2.16. The topological polar surface area (TPSA) is 57.5 Å². The third-order valence-electron chi connectivity index (χ3n) is 3.22. The highest BCUT2D eigenvalue weighted by Crippen LogP contribution is 2.12. The number of morpholine rings is 1. The molecule has 5 heteroatoms. The molecule has 0 bridgehead atoms. The molecule has 1 aromatic rings. The Morgan fingerprint density at radius 1 is 1.55 bits per heavy atom. The molecule has 0 amide bonds. The summed E-state index contributed by atoms with van der Waals surface area (Å²) in [4.78, 5) is 2.28. The van der Waals surface area contributed by atoms with E-state index in [0.717, 1.165) is 38.5 Å². The van der Waals surface area contributed by atoms with Crippen LogP contribution in [0.4, 0.5) is 0 Å². The van der Waals surface area contributed by atoms with Crippen molar-refractivity contribution in [2.75, 3.05) is 46.4 Å². The number of hydrogen-bond acceptors (Lipinski definition) is 5. The number of nitriles is 1. The van der Waals surface area contributed by atoms with Crippen molar-refractivity contribution >= 4 is 0 Å². The molecule has 2 rings (SSSR count). The van der Waals surface area contributed by atoms with Gasteiger partial charge in [0.05, 0.1) is 24.3 Å². The van der Waals surface area contributed by atoms with Gasteiger partial charge in [0.1, 0.15) is 12.4 Å². The summed E-state index contributed by atoms with van der Waals surface area (Å²) in [5.74, 6) is 0.736. The van der Waals surface area contributed by atoms with Gasteiger partial charge in [0.15, 0.2) is 0 Å². The molecule has 1 atom stereocenters. The molecular formula is C15H21N3O2. The SMILES string of the molecule is CN1CCO[C@@H](CNCCOc2cccc(C#N)c2)C1. The molecule has 5 nitrogen and oxygen atoms in total. The number of nitrogens with zero attached hydrogens (tertiary/aromatic N) is 2. The molecule has 1 heterocycles. The Bertz CT molecular complexity index is 459. The fraction of sp³-hybridized carbons (Fsp3) is 0.533. The standard InChI is InChI=1S/C15H21N3O2/c1-18-6-8-20-15(12-18)11-17-5-7-19-14-4-2-3-13(9-14)10-16/h2-4,9,15,17H,5-8,11-12H2,1H3/t15-/m0/s1. The lowest BCUT2D eigenvalue weighted by molar-refractivity contribution is -0.0182. The minimum atomic E-state index is 0.260. The number of hydrogen-bond donors (Lipinski definition) is 1. The Labute approximate surface area is 120 Å². The molecule has 20 heavy (non-hydrogen) atoms. The van der Waals surface area contributed by atoms with Crippen LogP contribution in [0.3, 0.4) is 0 Å². The molecule has 1 N–H and O–H groups in total. The van der Waals surface area contributed by atoms with Gasteiger partial charge in [0, 0.05) is 26.2 Å². The summed E-state index contributed by atoms with van der Waals surface area (Å²) in [6, 6.07) is 9.30. The van der Waals surface area contributed by atoms with E-state index in [1.165, 1.54) is 0 Å². The van der Waals surface area contributed by atoms with Crippen molar-refractivity contribution in [3.05, 3.63) is 29.8 Å². The first-order valence-corrected chi connectivity index (χ1v) is 6.92. The molecule has 0 radical (unpaired) electrons. The zero-order valence-corrected chi connectivity index (χ0v) is 11.8. The maximum Gasteiger partial charge on any atom is 0.120 e. The van der Waals surface area contributed by atoms with Crippen LogP contribution in [0.15, 0.2) is 24.3 Å². The maximum atomic E-state index is 8.80. The van der Waals surface area contributed by atoms with Crippen LogP contribution in [0, 0.1) is 11.3 Å². The summed E-state index contributed by atoms with van der Waals surface area (Å²) in [6.07, 6.45) is 0.260. The monoisotopic (exact) mass is 275 g/mol. The van der Waals surface area contributed by atoms with Crippen molar-refractivity contribution in [3.8, 4) is 11.8 Å². The minimum Gasteiger partial charge on any atom is -0.492 e. The molecule has 1 fully saturated rings. The second-order valence-corrected chi connectivity index (χ2v) is 4.95. The highest BCUT2D eigenvalue weighted by atomic mass is 16.5. The fourth-order valence-electron chi connectivity index (χ4n) is 2.15. The lowest BCUT2D eigenvalue weighted by Gasteiger charge is -2.30. The molecule has 0 saturated carbocycles. The van der Waals surface area contributed by atoms with Gasteiger partial charge in [-0.3, -0.25) is 0 Å². The van der Waals surface area contributed by atoms with Gasteiger partial charge in [-0.15, -0.1) is 0 Å². The Kier molecular flexibility index (Phi) is 5.81. The fourth-order valence-corrected chi connectivity index (χ4v) is 2.15. The van der Waals surface area contributed by atoms with Gasteiger partial charge in [-0.2, -0.15) is 5.26 Å². The van der Waals surface area contributed by atoms with E-state index in [1.54, 1.807) is 12.1 Å². The average Bonchev–Trinajstić information content (AvgIpc) is 2.47. The van der Waals surface area contributed by atoms with E-state index < -0.39 is 0 Å². The summed E-state index contributed by atoms with van der Waals surface area (Å²) in [5.41, 5.74) is 0.620. The van der Waals surface area contributed by atoms with E-state index >= 15 is 0 Å². The van der Waals surface area contributed by atoms with Crippen molar-refractivity contribution in [3.63, 3.8) is 0 Å². The Morgan fingerprint density at radius 2 is 2.45 bits per heavy atom. The lowest BCUT2D eigenvalue weighted by atomic mass is 10.2. The molecule has 1 aliphatic rings. The number of rotatable bonds is 6. The van der Waals surface area contributed by atoms with Crippen molar-refractivity contribution in [1.29, 1.82) is 5.26 Å². The Hall–Kier alpha value is -1.61. The van der Waals surface area contributed by atoms with Crippen molar-refractivity contribution < 1.29 is 9.47 Å². The summed E-state index contributed by atoms with van der Waals surface area (Å²) in [5, 5.41) is 12.1. The van der Waals surface area contributed by atoms with Gasteiger partial charge in [-0.25, -0.2) is 0 Å². The summed E-state index contributed by atoms with van der Waals surface area (Å²) in [6.45, 7) is 4.97. The highest BCUT2D eigenvalue weighted by molar-refractivity contribution is 5.36. The largest absolute Gasteiger partial charge is 0.492 e. The van der Waals surface area contributed by atoms with E-state index in [4.69, 9.17) is 14.7 Å². The first-order chi connectivity index (χ1) is 9.78.